The molecule has 1 aromatic carbocycles. The molecule has 0 saturated carbocycles. The van der Waals surface area contributed by atoms with Crippen molar-refractivity contribution in [1.29, 1.82) is 0 Å². The first kappa shape index (κ1) is 21.2. The van der Waals surface area contributed by atoms with Crippen LogP contribution >= 0.6 is 11.6 Å². The maximum Gasteiger partial charge on any atom is 0.244 e. The lowest BCUT2D eigenvalue weighted by Gasteiger charge is -2.32. The van der Waals surface area contributed by atoms with Gasteiger partial charge in [-0.25, -0.2) is 0 Å². The van der Waals surface area contributed by atoms with E-state index in [1.54, 1.807) is 12.1 Å². The number of hydrogen-bond donors (Lipinski definition) is 2. The topological polar surface area (TPSA) is 95.7 Å². The van der Waals surface area contributed by atoms with Crippen LogP contribution in [0.5, 0.6) is 0 Å². The van der Waals surface area contributed by atoms with Gasteiger partial charge in [0, 0.05) is 23.8 Å². The van der Waals surface area contributed by atoms with E-state index >= 15 is 0 Å². The number of carbonyl (C=O) groups is 3. The molecule has 1 fully saturated rings. The second-order valence-corrected chi connectivity index (χ2v) is 7.33. The van der Waals surface area contributed by atoms with E-state index in [1.165, 1.54) is 4.90 Å². The summed E-state index contributed by atoms with van der Waals surface area (Å²) in [5.41, 5.74) is 6.92. The molecule has 1 heterocycles. The number of amides is 3. The lowest BCUT2D eigenvalue weighted by molar-refractivity contribution is -0.136. The number of nitrogens with zero attached hydrogens (tertiary/aromatic N) is 2. The highest BCUT2D eigenvalue weighted by Crippen LogP contribution is 2.20. The first-order valence-corrected chi connectivity index (χ1v) is 9.53. The number of aryl methyl sites for hydroxylation is 1. The molecule has 0 bridgehead atoms. The van der Waals surface area contributed by atoms with Gasteiger partial charge in [0.15, 0.2) is 0 Å². The Balaban J connectivity index is 1.91. The maximum absolute atomic E-state index is 12.6. The number of nitrogens with two attached hydrogens (primary N) is 1. The number of primary amides is 1. The van der Waals surface area contributed by atoms with Gasteiger partial charge in [-0.1, -0.05) is 17.7 Å². The van der Waals surface area contributed by atoms with Gasteiger partial charge in [0.2, 0.25) is 17.7 Å². The molecule has 0 radical (unpaired) electrons. The van der Waals surface area contributed by atoms with Crippen molar-refractivity contribution in [2.45, 2.75) is 26.7 Å². The quantitative estimate of drug-likeness (QED) is 0.734. The Hall–Kier alpha value is -2.12. The number of benzene rings is 1. The highest BCUT2D eigenvalue weighted by Gasteiger charge is 2.26. The number of rotatable bonds is 7. The molecule has 8 heteroatoms. The summed E-state index contributed by atoms with van der Waals surface area (Å²) < 4.78 is 0. The van der Waals surface area contributed by atoms with Gasteiger partial charge < -0.3 is 16.0 Å². The number of halogens is 1. The molecule has 0 aliphatic carbocycles. The largest absolute Gasteiger partial charge is 0.369 e. The third kappa shape index (κ3) is 6.22. The summed E-state index contributed by atoms with van der Waals surface area (Å²) in [6.45, 7) is 5.52. The minimum atomic E-state index is -0.323. The van der Waals surface area contributed by atoms with E-state index in [2.05, 4.69) is 5.32 Å². The zero-order valence-electron chi connectivity index (χ0n) is 15.8. The van der Waals surface area contributed by atoms with Gasteiger partial charge >= 0.3 is 0 Å². The number of anilines is 1. The molecule has 0 aromatic heterocycles. The Morgan fingerprint density at radius 2 is 2.11 bits per heavy atom. The normalized spacial score (nSPS) is 17.4. The predicted octanol–water partition coefficient (Wildman–Crippen LogP) is 1.63. The summed E-state index contributed by atoms with van der Waals surface area (Å²) in [4.78, 5) is 39.8. The number of hydrogen-bond acceptors (Lipinski definition) is 4. The summed E-state index contributed by atoms with van der Waals surface area (Å²) in [6, 6.07) is 5.27. The molecule has 2 rings (SSSR count). The molecule has 1 saturated heterocycles. The first-order chi connectivity index (χ1) is 12.8. The van der Waals surface area contributed by atoms with E-state index in [0.29, 0.717) is 23.8 Å². The molecule has 3 amide bonds. The number of nitrogens with one attached hydrogen (secondary N) is 1. The average molecular weight is 395 g/mol. The fourth-order valence-corrected chi connectivity index (χ4v) is 3.36. The summed E-state index contributed by atoms with van der Waals surface area (Å²) in [5.74, 6) is -0.948. The van der Waals surface area contributed by atoms with Crippen molar-refractivity contribution in [3.05, 3.63) is 28.8 Å². The van der Waals surface area contributed by atoms with Crippen LogP contribution in [0.1, 0.15) is 25.3 Å². The molecule has 3 N–H and O–H groups in total. The van der Waals surface area contributed by atoms with Crippen LogP contribution < -0.4 is 11.1 Å². The Bertz CT molecular complexity index is 710. The lowest BCUT2D eigenvalue weighted by atomic mass is 9.97. The van der Waals surface area contributed by atoms with Crippen LogP contribution in [0, 0.1) is 12.8 Å². The van der Waals surface area contributed by atoms with Crippen LogP contribution in [-0.4, -0.2) is 60.2 Å². The Morgan fingerprint density at radius 1 is 1.37 bits per heavy atom. The van der Waals surface area contributed by atoms with Crippen molar-refractivity contribution in [3.8, 4) is 0 Å². The second kappa shape index (κ2) is 9.71. The van der Waals surface area contributed by atoms with Gasteiger partial charge in [-0.2, -0.15) is 0 Å². The molecule has 1 atom stereocenters. The van der Waals surface area contributed by atoms with Crippen LogP contribution in [0.4, 0.5) is 5.69 Å². The summed E-state index contributed by atoms with van der Waals surface area (Å²) >= 11 is 5.97. The smallest absolute Gasteiger partial charge is 0.244 e. The van der Waals surface area contributed by atoms with Crippen molar-refractivity contribution in [2.75, 3.05) is 38.0 Å². The van der Waals surface area contributed by atoms with Crippen molar-refractivity contribution in [3.63, 3.8) is 0 Å². The zero-order valence-corrected chi connectivity index (χ0v) is 16.6. The fourth-order valence-electron chi connectivity index (χ4n) is 3.19. The Labute approximate surface area is 164 Å². The first-order valence-electron chi connectivity index (χ1n) is 9.15. The molecule has 7 nitrogen and oxygen atoms in total. The van der Waals surface area contributed by atoms with Crippen LogP contribution in [0.3, 0.4) is 0 Å². The van der Waals surface area contributed by atoms with Gasteiger partial charge in [-0.05, 0) is 50.9 Å². The van der Waals surface area contributed by atoms with Gasteiger partial charge in [0.1, 0.15) is 0 Å². The second-order valence-electron chi connectivity index (χ2n) is 6.89. The average Bonchev–Trinajstić information content (AvgIpc) is 2.62. The molecule has 0 spiro atoms. The SMILES string of the molecule is CCN(CC(=O)Nc1cc(Cl)ccc1C)C(=O)CN1CCC[C@@H](C(N)=O)C1. The minimum Gasteiger partial charge on any atom is -0.369 e. The Kier molecular flexibility index (Phi) is 7.62. The fraction of sp³-hybridized carbons (Fsp3) is 0.526. The van der Waals surface area contributed by atoms with Gasteiger partial charge in [-0.3, -0.25) is 19.3 Å². The molecular weight excluding hydrogens is 368 g/mol. The van der Waals surface area contributed by atoms with Crippen LogP contribution in [0.15, 0.2) is 18.2 Å². The molecule has 148 valence electrons. The molecule has 1 aromatic rings. The van der Waals surface area contributed by atoms with E-state index in [1.807, 2.05) is 24.8 Å². The number of likely N-dealkylation sites (N-methyl/N-ethyl adjacent to an activating group) is 1. The van der Waals surface area contributed by atoms with E-state index in [-0.39, 0.29) is 36.7 Å². The molecule has 0 unspecified atom stereocenters. The standard InChI is InChI=1S/C19H27ClN4O3/c1-3-24(11-17(25)22-16-9-15(20)7-6-13(16)2)18(26)12-23-8-4-5-14(10-23)19(21)27/h6-7,9,14H,3-5,8,10-12H2,1-2H3,(H2,21,27)(H,22,25)/t14-/m1/s1. The third-order valence-electron chi connectivity index (χ3n) is 4.81. The summed E-state index contributed by atoms with van der Waals surface area (Å²) in [6.07, 6.45) is 1.60. The van der Waals surface area contributed by atoms with Crippen LogP contribution in [-0.2, 0) is 14.4 Å². The van der Waals surface area contributed by atoms with Crippen molar-refractivity contribution in [1.82, 2.24) is 9.80 Å². The van der Waals surface area contributed by atoms with E-state index < -0.39 is 0 Å². The number of likely N-dealkylation sites (tertiary alicyclic amines) is 1. The van der Waals surface area contributed by atoms with Crippen molar-refractivity contribution < 1.29 is 14.4 Å². The van der Waals surface area contributed by atoms with Gasteiger partial charge in [-0.15, -0.1) is 0 Å². The number of piperidine rings is 1. The van der Waals surface area contributed by atoms with E-state index in [9.17, 15) is 14.4 Å². The molecule has 1 aliphatic rings. The maximum atomic E-state index is 12.6. The molecule has 1 aliphatic heterocycles. The molecular formula is C19H27ClN4O3. The molecule has 27 heavy (non-hydrogen) atoms. The van der Waals surface area contributed by atoms with Crippen molar-refractivity contribution in [2.24, 2.45) is 11.7 Å². The lowest BCUT2D eigenvalue weighted by Crippen LogP contribution is -2.48. The zero-order chi connectivity index (χ0) is 20.0. The van der Waals surface area contributed by atoms with Gasteiger partial charge in [0.25, 0.3) is 0 Å². The monoisotopic (exact) mass is 394 g/mol. The van der Waals surface area contributed by atoms with Crippen molar-refractivity contribution >= 4 is 35.0 Å². The summed E-state index contributed by atoms with van der Waals surface area (Å²) in [7, 11) is 0. The highest BCUT2D eigenvalue weighted by atomic mass is 35.5. The predicted molar refractivity (Wildman–Crippen MR) is 105 cm³/mol. The van der Waals surface area contributed by atoms with Crippen LogP contribution in [0.2, 0.25) is 5.02 Å². The van der Waals surface area contributed by atoms with Crippen LogP contribution in [0.25, 0.3) is 0 Å². The third-order valence-corrected chi connectivity index (χ3v) is 5.04. The Morgan fingerprint density at radius 3 is 2.78 bits per heavy atom. The summed E-state index contributed by atoms with van der Waals surface area (Å²) in [5, 5.41) is 3.34. The minimum absolute atomic E-state index is 0.0334. The van der Waals surface area contributed by atoms with E-state index in [0.717, 1.165) is 24.9 Å². The number of carbonyl (C=O) groups excluding carboxylic acids is 3. The highest BCUT2D eigenvalue weighted by molar-refractivity contribution is 6.31. The van der Waals surface area contributed by atoms with E-state index in [4.69, 9.17) is 17.3 Å². The van der Waals surface area contributed by atoms with Gasteiger partial charge in [0.05, 0.1) is 19.0 Å².